The quantitative estimate of drug-likeness (QED) is 0.328. The normalized spacial score (nSPS) is 14.8. The Hall–Kier alpha value is -2.11. The number of esters is 1. The minimum absolute atomic E-state index is 0.129. The molecule has 1 saturated heterocycles. The van der Waals surface area contributed by atoms with Gasteiger partial charge in [0.05, 0.1) is 26.4 Å². The molecule has 12 heteroatoms. The van der Waals surface area contributed by atoms with Crippen molar-refractivity contribution in [3.8, 4) is 5.75 Å². The molecule has 31 heavy (non-hydrogen) atoms. The molecule has 3 rings (SSSR count). The Morgan fingerprint density at radius 2 is 2.00 bits per heavy atom. The lowest BCUT2D eigenvalue weighted by Crippen LogP contribution is -2.44. The summed E-state index contributed by atoms with van der Waals surface area (Å²) in [7, 11) is 0. The van der Waals surface area contributed by atoms with E-state index in [9.17, 15) is 14.4 Å². The summed E-state index contributed by atoms with van der Waals surface area (Å²) < 4.78 is 10.3. The molecular formula is C19H14Cl2N2O5S3. The molecule has 0 bridgehead atoms. The van der Waals surface area contributed by atoms with Crippen molar-refractivity contribution in [1.82, 2.24) is 10.4 Å². The molecule has 0 saturated carbocycles. The Kier molecular flexibility index (Phi) is 7.95. The predicted octanol–water partition coefficient (Wildman–Crippen LogP) is 4.54. The number of hydrazine groups is 1. The number of hydrogen-bond donors (Lipinski definition) is 1. The topological polar surface area (TPSA) is 84.9 Å². The van der Waals surface area contributed by atoms with E-state index in [1.807, 2.05) is 0 Å². The SMILES string of the molecule is CCOC(=O)COc1c(Cl)cc(/C=C2\SC(=S)N(NC(=O)c3cccs3)C2=O)cc1Cl. The summed E-state index contributed by atoms with van der Waals surface area (Å²) in [6.07, 6.45) is 1.55. The molecule has 0 atom stereocenters. The average Bonchev–Trinajstić information content (AvgIpc) is 3.33. The van der Waals surface area contributed by atoms with E-state index in [-0.39, 0.29) is 38.2 Å². The van der Waals surface area contributed by atoms with Gasteiger partial charge in [-0.1, -0.05) is 41.0 Å². The van der Waals surface area contributed by atoms with Gasteiger partial charge >= 0.3 is 5.97 Å². The molecule has 162 valence electrons. The summed E-state index contributed by atoms with van der Waals surface area (Å²) in [5.41, 5.74) is 3.02. The standard InChI is InChI=1S/C19H14Cl2N2O5S3/c1-2-27-15(24)9-28-16-11(20)6-10(7-12(16)21)8-14-18(26)23(19(29)31-14)22-17(25)13-4-3-5-30-13/h3-8H,2,9H2,1H3,(H,22,25)/b14-8-. The Morgan fingerprint density at radius 1 is 1.29 bits per heavy atom. The second-order valence-corrected chi connectivity index (χ2v) is 9.28. The smallest absolute Gasteiger partial charge is 0.344 e. The summed E-state index contributed by atoms with van der Waals surface area (Å²) in [6.45, 7) is 1.58. The van der Waals surface area contributed by atoms with Crippen LogP contribution in [0.5, 0.6) is 5.75 Å². The van der Waals surface area contributed by atoms with Crippen molar-refractivity contribution in [2.75, 3.05) is 13.2 Å². The van der Waals surface area contributed by atoms with Gasteiger partial charge in [-0.05, 0) is 54.4 Å². The molecule has 1 aliphatic rings. The summed E-state index contributed by atoms with van der Waals surface area (Å²) in [5, 5.41) is 3.09. The number of rotatable bonds is 7. The van der Waals surface area contributed by atoms with Crippen molar-refractivity contribution < 1.29 is 23.9 Å². The number of nitrogens with one attached hydrogen (secondary N) is 1. The number of carbonyl (C=O) groups is 3. The summed E-state index contributed by atoms with van der Waals surface area (Å²) in [4.78, 5) is 37.1. The lowest BCUT2D eigenvalue weighted by Gasteiger charge is -2.14. The van der Waals surface area contributed by atoms with Gasteiger partial charge in [0.25, 0.3) is 11.8 Å². The van der Waals surface area contributed by atoms with E-state index in [1.165, 1.54) is 23.5 Å². The predicted molar refractivity (Wildman–Crippen MR) is 125 cm³/mol. The van der Waals surface area contributed by atoms with Gasteiger partial charge in [0.2, 0.25) is 0 Å². The third-order valence-corrected chi connectivity index (χ3v) is 6.44. The minimum atomic E-state index is -0.549. The van der Waals surface area contributed by atoms with Crippen LogP contribution in [-0.4, -0.2) is 40.3 Å². The number of hydrogen-bond acceptors (Lipinski definition) is 8. The molecule has 7 nitrogen and oxygen atoms in total. The van der Waals surface area contributed by atoms with E-state index in [2.05, 4.69) is 5.43 Å². The van der Waals surface area contributed by atoms with Gasteiger partial charge in [0.15, 0.2) is 16.7 Å². The average molecular weight is 517 g/mol. The fourth-order valence-corrected chi connectivity index (χ4v) is 4.82. The molecular weight excluding hydrogens is 503 g/mol. The first-order valence-corrected chi connectivity index (χ1v) is 11.6. The third-order valence-electron chi connectivity index (χ3n) is 3.71. The van der Waals surface area contributed by atoms with Crippen molar-refractivity contribution in [3.63, 3.8) is 0 Å². The highest BCUT2D eigenvalue weighted by molar-refractivity contribution is 8.26. The molecule has 0 spiro atoms. The highest BCUT2D eigenvalue weighted by Crippen LogP contribution is 2.37. The van der Waals surface area contributed by atoms with Crippen LogP contribution in [0, 0.1) is 0 Å². The lowest BCUT2D eigenvalue weighted by molar-refractivity contribution is -0.145. The summed E-state index contributed by atoms with van der Waals surface area (Å²) in [6, 6.07) is 6.44. The first kappa shape index (κ1) is 23.6. The molecule has 1 fully saturated rings. The fourth-order valence-electron chi connectivity index (χ4n) is 2.41. The second kappa shape index (κ2) is 10.5. The van der Waals surface area contributed by atoms with Crippen LogP contribution in [0.4, 0.5) is 0 Å². The number of benzene rings is 1. The minimum Gasteiger partial charge on any atom is -0.479 e. The van der Waals surface area contributed by atoms with Crippen LogP contribution in [0.25, 0.3) is 6.08 Å². The number of halogens is 2. The van der Waals surface area contributed by atoms with E-state index in [4.69, 9.17) is 44.9 Å². The molecule has 0 radical (unpaired) electrons. The van der Waals surface area contributed by atoms with Crippen molar-refractivity contribution >= 4 is 86.7 Å². The molecule has 1 aliphatic heterocycles. The summed E-state index contributed by atoms with van der Waals surface area (Å²) >= 11 is 19.9. The maximum absolute atomic E-state index is 12.7. The largest absolute Gasteiger partial charge is 0.479 e. The van der Waals surface area contributed by atoms with Crippen LogP contribution in [0.15, 0.2) is 34.6 Å². The van der Waals surface area contributed by atoms with Crippen LogP contribution >= 0.6 is 58.5 Å². The Balaban J connectivity index is 1.74. The molecule has 0 unspecified atom stereocenters. The molecule has 1 aromatic carbocycles. The van der Waals surface area contributed by atoms with E-state index in [1.54, 1.807) is 30.5 Å². The summed E-state index contributed by atoms with van der Waals surface area (Å²) in [5.74, 6) is -1.33. The number of carbonyl (C=O) groups excluding carboxylic acids is 3. The van der Waals surface area contributed by atoms with Crippen molar-refractivity contribution in [2.45, 2.75) is 6.92 Å². The highest BCUT2D eigenvalue weighted by atomic mass is 35.5. The van der Waals surface area contributed by atoms with E-state index in [0.717, 1.165) is 16.8 Å². The number of thiophene rings is 1. The van der Waals surface area contributed by atoms with Gasteiger partial charge in [-0.15, -0.1) is 11.3 Å². The monoisotopic (exact) mass is 516 g/mol. The van der Waals surface area contributed by atoms with Crippen LogP contribution in [0.2, 0.25) is 10.0 Å². The number of ether oxygens (including phenoxy) is 2. The number of amides is 2. The van der Waals surface area contributed by atoms with Gasteiger partial charge < -0.3 is 9.47 Å². The molecule has 1 N–H and O–H groups in total. The van der Waals surface area contributed by atoms with E-state index < -0.39 is 17.8 Å². The fraction of sp³-hybridized carbons (Fsp3) is 0.158. The van der Waals surface area contributed by atoms with Gasteiger partial charge in [-0.25, -0.2) is 4.79 Å². The van der Waals surface area contributed by atoms with Crippen molar-refractivity contribution in [1.29, 1.82) is 0 Å². The Morgan fingerprint density at radius 3 is 2.61 bits per heavy atom. The van der Waals surface area contributed by atoms with Gasteiger partial charge in [0, 0.05) is 0 Å². The molecule has 2 amide bonds. The number of nitrogens with zero attached hydrogens (tertiary/aromatic N) is 1. The highest BCUT2D eigenvalue weighted by Gasteiger charge is 2.34. The van der Waals surface area contributed by atoms with Gasteiger partial charge in [-0.2, -0.15) is 5.01 Å². The maximum atomic E-state index is 12.7. The second-order valence-electron chi connectivity index (χ2n) is 5.84. The number of thiocarbonyl (C=S) groups is 1. The lowest BCUT2D eigenvalue weighted by atomic mass is 10.2. The van der Waals surface area contributed by atoms with E-state index >= 15 is 0 Å². The van der Waals surface area contributed by atoms with E-state index in [0.29, 0.717) is 10.4 Å². The van der Waals surface area contributed by atoms with Crippen LogP contribution in [-0.2, 0) is 14.3 Å². The maximum Gasteiger partial charge on any atom is 0.344 e. The Labute approximate surface area is 201 Å². The molecule has 2 aromatic rings. The number of thioether (sulfide) groups is 1. The first-order valence-electron chi connectivity index (χ1n) is 8.70. The van der Waals surface area contributed by atoms with Crippen molar-refractivity contribution in [2.24, 2.45) is 0 Å². The molecule has 0 aliphatic carbocycles. The zero-order valence-electron chi connectivity index (χ0n) is 15.8. The first-order chi connectivity index (χ1) is 14.8. The Bertz CT molecular complexity index is 1050. The van der Waals surface area contributed by atoms with Crippen LogP contribution < -0.4 is 10.2 Å². The molecule has 1 aromatic heterocycles. The molecule has 2 heterocycles. The van der Waals surface area contributed by atoms with Crippen LogP contribution in [0.3, 0.4) is 0 Å². The van der Waals surface area contributed by atoms with Gasteiger partial charge in [0.1, 0.15) is 0 Å². The van der Waals surface area contributed by atoms with Crippen LogP contribution in [0.1, 0.15) is 22.2 Å². The van der Waals surface area contributed by atoms with Crippen molar-refractivity contribution in [3.05, 3.63) is 55.0 Å². The third kappa shape index (κ3) is 5.78. The zero-order chi connectivity index (χ0) is 22.5. The zero-order valence-corrected chi connectivity index (χ0v) is 19.8. The van der Waals surface area contributed by atoms with Gasteiger partial charge in [-0.3, -0.25) is 15.0 Å².